The van der Waals surface area contributed by atoms with Crippen molar-refractivity contribution in [2.24, 2.45) is 0 Å². The Morgan fingerprint density at radius 1 is 0.792 bits per heavy atom. The second-order valence-electron chi connectivity index (χ2n) is 5.81. The summed E-state index contributed by atoms with van der Waals surface area (Å²) in [6.45, 7) is 0. The first-order valence-corrected chi connectivity index (χ1v) is 9.37. The molecule has 0 saturated carbocycles. The molecule has 1 nitrogen and oxygen atoms in total. The highest BCUT2D eigenvalue weighted by atomic mass is 79.9. The van der Waals surface area contributed by atoms with Gasteiger partial charge in [0, 0.05) is 32.1 Å². The van der Waals surface area contributed by atoms with Crippen molar-refractivity contribution in [1.29, 1.82) is 0 Å². The van der Waals surface area contributed by atoms with Crippen LogP contribution in [-0.4, -0.2) is 4.98 Å². The van der Waals surface area contributed by atoms with Crippen LogP contribution in [0.3, 0.4) is 0 Å². The summed E-state index contributed by atoms with van der Waals surface area (Å²) in [6, 6.07) is 23.7. The lowest BCUT2D eigenvalue weighted by Crippen LogP contribution is -1.97. The molecule has 0 bridgehead atoms. The second-order valence-corrected chi connectivity index (χ2v) is 7.75. The molecule has 0 saturated heterocycles. The summed E-state index contributed by atoms with van der Waals surface area (Å²) >= 11 is 5.29. The number of hydrogen-bond donors (Lipinski definition) is 0. The summed E-state index contributed by atoms with van der Waals surface area (Å²) in [4.78, 5) is 5.89. The highest BCUT2D eigenvalue weighted by Crippen LogP contribution is 2.50. The Kier molecular flexibility index (Phi) is 3.25. The van der Waals surface area contributed by atoms with Crippen LogP contribution < -0.4 is 0 Å². The van der Waals surface area contributed by atoms with Gasteiger partial charge in [0.25, 0.3) is 0 Å². The number of fused-ring (bicyclic) bond motifs is 2. The largest absolute Gasteiger partial charge is 0.249 e. The van der Waals surface area contributed by atoms with E-state index < -0.39 is 0 Å². The summed E-state index contributed by atoms with van der Waals surface area (Å²) in [5, 5.41) is 3.70. The molecule has 1 aliphatic rings. The van der Waals surface area contributed by atoms with Crippen molar-refractivity contribution in [2.45, 2.75) is 9.92 Å². The lowest BCUT2D eigenvalue weighted by Gasteiger charge is -2.22. The monoisotopic (exact) mass is 389 g/mol. The van der Waals surface area contributed by atoms with Gasteiger partial charge in [-0.1, -0.05) is 70.2 Å². The Morgan fingerprint density at radius 3 is 2.54 bits per heavy atom. The van der Waals surface area contributed by atoms with Crippen molar-refractivity contribution >= 4 is 38.5 Å². The highest BCUT2D eigenvalue weighted by Gasteiger charge is 2.22. The van der Waals surface area contributed by atoms with E-state index >= 15 is 0 Å². The summed E-state index contributed by atoms with van der Waals surface area (Å²) < 4.78 is 1.10. The van der Waals surface area contributed by atoms with Gasteiger partial charge in [-0.2, -0.15) is 0 Å². The molecule has 0 spiro atoms. The van der Waals surface area contributed by atoms with Crippen molar-refractivity contribution in [3.8, 4) is 22.3 Å². The molecule has 3 aromatic carbocycles. The first kappa shape index (κ1) is 14.3. The molecular weight excluding hydrogens is 378 g/mol. The molecule has 1 aromatic heterocycles. The van der Waals surface area contributed by atoms with Crippen LogP contribution in [-0.2, 0) is 0 Å². The fourth-order valence-electron chi connectivity index (χ4n) is 3.35. The minimum atomic E-state index is 1.09. The van der Waals surface area contributed by atoms with E-state index in [1.807, 2.05) is 12.3 Å². The van der Waals surface area contributed by atoms with Gasteiger partial charge in [-0.25, -0.2) is 4.98 Å². The van der Waals surface area contributed by atoms with E-state index in [2.05, 4.69) is 81.6 Å². The van der Waals surface area contributed by atoms with Crippen LogP contribution in [0.1, 0.15) is 0 Å². The maximum absolute atomic E-state index is 4.61. The number of hydrogen-bond acceptors (Lipinski definition) is 2. The zero-order valence-electron chi connectivity index (χ0n) is 12.7. The Labute approximate surface area is 152 Å². The maximum Gasteiger partial charge on any atom is 0.109 e. The lowest BCUT2D eigenvalue weighted by molar-refractivity contribution is 1.13. The zero-order chi connectivity index (χ0) is 16.1. The number of rotatable bonds is 1. The first-order chi connectivity index (χ1) is 11.8. The van der Waals surface area contributed by atoms with Crippen molar-refractivity contribution in [2.75, 3.05) is 0 Å². The van der Waals surface area contributed by atoms with E-state index in [-0.39, 0.29) is 0 Å². The number of benzene rings is 3. The molecular formula is C21H12BrNS. The molecule has 24 heavy (non-hydrogen) atoms. The third kappa shape index (κ3) is 2.12. The summed E-state index contributed by atoms with van der Waals surface area (Å²) in [5.41, 5.74) is 5.01. The maximum atomic E-state index is 4.61. The van der Waals surface area contributed by atoms with E-state index in [1.165, 1.54) is 37.9 Å². The Morgan fingerprint density at radius 2 is 1.67 bits per heavy atom. The van der Waals surface area contributed by atoms with E-state index in [9.17, 15) is 0 Å². The molecule has 0 aliphatic carbocycles. The van der Waals surface area contributed by atoms with Crippen LogP contribution in [0.15, 0.2) is 87.3 Å². The third-order valence-electron chi connectivity index (χ3n) is 4.41. The standard InChI is InChI=1S/C21H12BrNS/c22-15-9-6-13(7-10-15)16-11-8-14-3-1-5-18-19(14)20(16)17-4-2-12-23-21(17)24-18/h1-12H. The molecule has 0 radical (unpaired) electrons. The van der Waals surface area contributed by atoms with E-state index in [1.54, 1.807) is 11.8 Å². The van der Waals surface area contributed by atoms with E-state index in [0.29, 0.717) is 0 Å². The molecule has 0 amide bonds. The smallest absolute Gasteiger partial charge is 0.109 e. The average Bonchev–Trinajstić information content (AvgIpc) is 2.63. The van der Waals surface area contributed by atoms with Crippen LogP contribution in [0.5, 0.6) is 0 Å². The number of pyridine rings is 1. The van der Waals surface area contributed by atoms with Crippen LogP contribution >= 0.6 is 27.7 Å². The van der Waals surface area contributed by atoms with Crippen molar-refractivity contribution < 1.29 is 0 Å². The first-order valence-electron chi connectivity index (χ1n) is 7.76. The molecule has 2 heterocycles. The molecule has 0 atom stereocenters. The van der Waals surface area contributed by atoms with Gasteiger partial charge >= 0.3 is 0 Å². The van der Waals surface area contributed by atoms with Crippen LogP contribution in [0.25, 0.3) is 33.0 Å². The van der Waals surface area contributed by atoms with Crippen LogP contribution in [0.2, 0.25) is 0 Å². The van der Waals surface area contributed by atoms with Crippen LogP contribution in [0.4, 0.5) is 0 Å². The number of aromatic nitrogens is 1. The van der Waals surface area contributed by atoms with Gasteiger partial charge in [0.05, 0.1) is 0 Å². The summed E-state index contributed by atoms with van der Waals surface area (Å²) in [7, 11) is 0. The van der Waals surface area contributed by atoms with Gasteiger partial charge in [0.1, 0.15) is 5.03 Å². The number of halogens is 1. The third-order valence-corrected chi connectivity index (χ3v) is 6.02. The number of nitrogens with zero attached hydrogens (tertiary/aromatic N) is 1. The van der Waals surface area contributed by atoms with Gasteiger partial charge in [0.2, 0.25) is 0 Å². The van der Waals surface area contributed by atoms with E-state index in [4.69, 9.17) is 0 Å². The predicted molar refractivity (Wildman–Crippen MR) is 104 cm³/mol. The highest BCUT2D eigenvalue weighted by molar-refractivity contribution is 9.10. The topological polar surface area (TPSA) is 12.9 Å². The predicted octanol–water partition coefficient (Wildman–Crippen LogP) is 6.80. The van der Waals surface area contributed by atoms with Gasteiger partial charge in [-0.3, -0.25) is 0 Å². The van der Waals surface area contributed by atoms with Crippen molar-refractivity contribution in [1.82, 2.24) is 4.98 Å². The fourth-order valence-corrected chi connectivity index (χ4v) is 4.68. The molecule has 0 unspecified atom stereocenters. The van der Waals surface area contributed by atoms with Crippen molar-refractivity contribution in [3.05, 3.63) is 77.4 Å². The zero-order valence-corrected chi connectivity index (χ0v) is 15.1. The molecule has 3 heteroatoms. The average molecular weight is 390 g/mol. The van der Waals surface area contributed by atoms with Gasteiger partial charge < -0.3 is 0 Å². The lowest BCUT2D eigenvalue weighted by atomic mass is 9.90. The summed E-state index contributed by atoms with van der Waals surface area (Å²) in [5.74, 6) is 0. The molecule has 1 aliphatic heterocycles. The van der Waals surface area contributed by atoms with Gasteiger partial charge in [-0.15, -0.1) is 0 Å². The Hall–Kier alpha value is -2.10. The van der Waals surface area contributed by atoms with Crippen molar-refractivity contribution in [3.63, 3.8) is 0 Å². The van der Waals surface area contributed by atoms with Gasteiger partial charge in [0.15, 0.2) is 0 Å². The molecule has 4 aromatic rings. The summed E-state index contributed by atoms with van der Waals surface area (Å²) in [6.07, 6.45) is 1.87. The van der Waals surface area contributed by atoms with Gasteiger partial charge in [-0.05, 0) is 40.8 Å². The SMILES string of the molecule is Brc1ccc(-c2ccc3cccc4c3c2-c2cccnc2S4)cc1. The normalized spacial score (nSPS) is 12.2. The fraction of sp³-hybridized carbons (Fsp3) is 0. The molecule has 5 rings (SSSR count). The molecule has 0 N–H and O–H groups in total. The minimum Gasteiger partial charge on any atom is -0.249 e. The van der Waals surface area contributed by atoms with Crippen LogP contribution in [0, 0.1) is 0 Å². The Bertz CT molecular complexity index is 1090. The molecule has 0 fully saturated rings. The quantitative estimate of drug-likeness (QED) is 0.312. The molecule has 114 valence electrons. The second kappa shape index (κ2) is 5.47. The minimum absolute atomic E-state index is 1.09. The Balaban J connectivity index is 1.92. The van der Waals surface area contributed by atoms with E-state index in [0.717, 1.165) is 9.50 Å².